The lowest BCUT2D eigenvalue weighted by atomic mass is 9.94. The zero-order chi connectivity index (χ0) is 22.7. The van der Waals surface area contributed by atoms with E-state index < -0.39 is 0 Å². The second-order valence-electron chi connectivity index (χ2n) is 8.43. The first kappa shape index (κ1) is 22.9. The molecule has 7 heteroatoms. The SMILES string of the molecule is C[C@H](Sc1nc2cc(Cl)ccc2c(=O)n1Cc1ccccc1)C(=O)N(C)C1CCCCC1. The van der Waals surface area contributed by atoms with Crippen LogP contribution in [-0.2, 0) is 11.3 Å². The zero-order valence-electron chi connectivity index (χ0n) is 18.5. The summed E-state index contributed by atoms with van der Waals surface area (Å²) in [4.78, 5) is 33.2. The largest absolute Gasteiger partial charge is 0.342 e. The van der Waals surface area contributed by atoms with Crippen LogP contribution in [0.5, 0.6) is 0 Å². The molecule has 32 heavy (non-hydrogen) atoms. The Bertz CT molecular complexity index is 1160. The van der Waals surface area contributed by atoms with Crippen LogP contribution in [-0.4, -0.2) is 38.7 Å². The number of benzene rings is 2. The number of amides is 1. The van der Waals surface area contributed by atoms with Gasteiger partial charge in [0.15, 0.2) is 5.16 Å². The first-order valence-electron chi connectivity index (χ1n) is 11.1. The van der Waals surface area contributed by atoms with Crippen molar-refractivity contribution in [1.82, 2.24) is 14.5 Å². The summed E-state index contributed by atoms with van der Waals surface area (Å²) >= 11 is 7.50. The molecule has 1 aliphatic carbocycles. The standard InChI is InChI=1S/C25H28ClN3O2S/c1-17(23(30)28(2)20-11-7-4-8-12-20)32-25-27-22-15-19(26)13-14-21(22)24(31)29(25)16-18-9-5-3-6-10-18/h3,5-6,9-10,13-15,17,20H,4,7-8,11-12,16H2,1-2H3/t17-/m0/s1. The fraction of sp³-hybridized carbons (Fsp3) is 0.400. The van der Waals surface area contributed by atoms with E-state index in [4.69, 9.17) is 16.6 Å². The first-order chi connectivity index (χ1) is 15.4. The summed E-state index contributed by atoms with van der Waals surface area (Å²) < 4.78 is 1.67. The lowest BCUT2D eigenvalue weighted by molar-refractivity contribution is -0.131. The van der Waals surface area contributed by atoms with Gasteiger partial charge in [-0.2, -0.15) is 0 Å². The number of halogens is 1. The zero-order valence-corrected chi connectivity index (χ0v) is 20.0. The fourth-order valence-electron chi connectivity index (χ4n) is 4.31. The van der Waals surface area contributed by atoms with Crippen molar-refractivity contribution in [2.24, 2.45) is 0 Å². The molecule has 0 bridgehead atoms. The van der Waals surface area contributed by atoms with Crippen LogP contribution < -0.4 is 5.56 Å². The Balaban J connectivity index is 1.67. The Morgan fingerprint density at radius 2 is 1.91 bits per heavy atom. The maximum Gasteiger partial charge on any atom is 0.262 e. The summed E-state index contributed by atoms with van der Waals surface area (Å²) in [6.45, 7) is 2.29. The summed E-state index contributed by atoms with van der Waals surface area (Å²) in [6.07, 6.45) is 5.72. The van der Waals surface area contributed by atoms with Crippen molar-refractivity contribution in [3.05, 3.63) is 69.5 Å². The van der Waals surface area contributed by atoms with E-state index in [1.807, 2.05) is 49.2 Å². The van der Waals surface area contributed by atoms with Gasteiger partial charge in [-0.3, -0.25) is 14.2 Å². The Hall–Kier alpha value is -2.31. The highest BCUT2D eigenvalue weighted by Gasteiger charge is 2.27. The van der Waals surface area contributed by atoms with Crippen molar-refractivity contribution in [2.75, 3.05) is 7.05 Å². The van der Waals surface area contributed by atoms with Crippen LogP contribution in [0.2, 0.25) is 5.02 Å². The average Bonchev–Trinajstić information content (AvgIpc) is 2.81. The third-order valence-electron chi connectivity index (χ3n) is 6.17. The summed E-state index contributed by atoms with van der Waals surface area (Å²) in [6, 6.07) is 15.2. The molecule has 5 nitrogen and oxygen atoms in total. The Kier molecular flexibility index (Phi) is 7.21. The second-order valence-corrected chi connectivity index (χ2v) is 10.2. The van der Waals surface area contributed by atoms with E-state index in [-0.39, 0.29) is 16.7 Å². The van der Waals surface area contributed by atoms with Gasteiger partial charge in [-0.25, -0.2) is 4.98 Å². The molecular formula is C25H28ClN3O2S. The quantitative estimate of drug-likeness (QED) is 0.359. The number of carbonyl (C=O) groups is 1. The molecule has 1 saturated carbocycles. The highest BCUT2D eigenvalue weighted by molar-refractivity contribution is 8.00. The van der Waals surface area contributed by atoms with Gasteiger partial charge in [0, 0.05) is 18.1 Å². The molecule has 1 atom stereocenters. The second kappa shape index (κ2) is 10.1. The van der Waals surface area contributed by atoms with E-state index in [0.717, 1.165) is 18.4 Å². The molecule has 0 N–H and O–H groups in total. The maximum atomic E-state index is 13.4. The van der Waals surface area contributed by atoms with E-state index in [2.05, 4.69) is 0 Å². The molecule has 1 fully saturated rings. The molecular weight excluding hydrogens is 442 g/mol. The molecule has 1 aliphatic rings. The van der Waals surface area contributed by atoms with Crippen molar-refractivity contribution in [1.29, 1.82) is 0 Å². The van der Waals surface area contributed by atoms with Crippen LogP contribution in [0.3, 0.4) is 0 Å². The summed E-state index contributed by atoms with van der Waals surface area (Å²) in [5, 5.41) is 1.23. The van der Waals surface area contributed by atoms with Crippen LogP contribution in [0.25, 0.3) is 10.9 Å². The number of rotatable bonds is 6. The van der Waals surface area contributed by atoms with Crippen LogP contribution in [0.4, 0.5) is 0 Å². The minimum Gasteiger partial charge on any atom is -0.342 e. The molecule has 4 rings (SSSR count). The van der Waals surface area contributed by atoms with Crippen LogP contribution in [0.1, 0.15) is 44.6 Å². The van der Waals surface area contributed by atoms with Crippen molar-refractivity contribution in [3.8, 4) is 0 Å². The highest BCUT2D eigenvalue weighted by atomic mass is 35.5. The van der Waals surface area contributed by atoms with Gasteiger partial charge in [-0.15, -0.1) is 0 Å². The van der Waals surface area contributed by atoms with Crippen molar-refractivity contribution >= 4 is 40.2 Å². The van der Waals surface area contributed by atoms with E-state index >= 15 is 0 Å². The van der Waals surface area contributed by atoms with E-state index in [1.165, 1.54) is 31.0 Å². The number of hydrogen-bond acceptors (Lipinski definition) is 4. The predicted molar refractivity (Wildman–Crippen MR) is 132 cm³/mol. The van der Waals surface area contributed by atoms with Crippen molar-refractivity contribution < 1.29 is 4.79 Å². The number of carbonyl (C=O) groups excluding carboxylic acids is 1. The van der Waals surface area contributed by atoms with Gasteiger partial charge in [0.2, 0.25) is 5.91 Å². The average molecular weight is 470 g/mol. The number of hydrogen-bond donors (Lipinski definition) is 0. The van der Waals surface area contributed by atoms with Crippen LogP contribution in [0.15, 0.2) is 58.5 Å². The third kappa shape index (κ3) is 5.02. The van der Waals surface area contributed by atoms with Gasteiger partial charge in [-0.1, -0.05) is 73.0 Å². The molecule has 0 aliphatic heterocycles. The van der Waals surface area contributed by atoms with Gasteiger partial charge in [0.25, 0.3) is 5.56 Å². The van der Waals surface area contributed by atoms with Gasteiger partial charge >= 0.3 is 0 Å². The van der Waals surface area contributed by atoms with Crippen molar-refractivity contribution in [3.63, 3.8) is 0 Å². The molecule has 0 saturated heterocycles. The predicted octanol–water partition coefficient (Wildman–Crippen LogP) is 5.37. The van der Waals surface area contributed by atoms with E-state index in [0.29, 0.717) is 33.7 Å². The highest BCUT2D eigenvalue weighted by Crippen LogP contribution is 2.28. The number of nitrogens with zero attached hydrogens (tertiary/aromatic N) is 3. The summed E-state index contributed by atoms with van der Waals surface area (Å²) in [5.41, 5.74) is 1.43. The Morgan fingerprint density at radius 3 is 2.62 bits per heavy atom. The maximum absolute atomic E-state index is 13.4. The molecule has 2 aromatic carbocycles. The number of aromatic nitrogens is 2. The molecule has 1 aromatic heterocycles. The smallest absolute Gasteiger partial charge is 0.262 e. The molecule has 0 unspecified atom stereocenters. The van der Waals surface area contributed by atoms with Gasteiger partial charge in [0.1, 0.15) is 0 Å². The third-order valence-corrected chi connectivity index (χ3v) is 7.48. The normalized spacial score (nSPS) is 15.6. The van der Waals surface area contributed by atoms with Gasteiger partial charge < -0.3 is 4.90 Å². The Morgan fingerprint density at radius 1 is 1.19 bits per heavy atom. The molecule has 1 amide bonds. The fourth-order valence-corrected chi connectivity index (χ4v) is 5.49. The molecule has 1 heterocycles. The molecule has 0 spiro atoms. The topological polar surface area (TPSA) is 55.2 Å². The van der Waals surface area contributed by atoms with Gasteiger partial charge in [0.05, 0.1) is 22.7 Å². The van der Waals surface area contributed by atoms with Gasteiger partial charge in [-0.05, 0) is 43.5 Å². The van der Waals surface area contributed by atoms with E-state index in [9.17, 15) is 9.59 Å². The van der Waals surface area contributed by atoms with E-state index in [1.54, 1.807) is 22.8 Å². The molecule has 168 valence electrons. The number of fused-ring (bicyclic) bond motifs is 1. The minimum absolute atomic E-state index is 0.0774. The molecule has 0 radical (unpaired) electrons. The summed E-state index contributed by atoms with van der Waals surface area (Å²) in [5.74, 6) is 0.0774. The van der Waals surface area contributed by atoms with Crippen LogP contribution in [0, 0.1) is 0 Å². The summed E-state index contributed by atoms with van der Waals surface area (Å²) in [7, 11) is 1.90. The number of thioether (sulfide) groups is 1. The molecule has 3 aromatic rings. The lowest BCUT2D eigenvalue weighted by Crippen LogP contribution is -2.42. The van der Waals surface area contributed by atoms with Crippen molar-refractivity contribution in [2.45, 2.75) is 62.0 Å². The lowest BCUT2D eigenvalue weighted by Gasteiger charge is -2.32. The Labute approximate surface area is 197 Å². The minimum atomic E-state index is -0.354. The first-order valence-corrected chi connectivity index (χ1v) is 12.4. The monoisotopic (exact) mass is 469 g/mol. The van der Waals surface area contributed by atoms with Crippen LogP contribution >= 0.6 is 23.4 Å².